The van der Waals surface area contributed by atoms with Crippen molar-refractivity contribution < 1.29 is 9.21 Å². The molecule has 1 aromatic carbocycles. The summed E-state index contributed by atoms with van der Waals surface area (Å²) in [6.45, 7) is 6.30. The standard InChI is InChI=1S/C17H19ClO2/c1-9(2)4-11-7-14(11)16(19)12-6-13-5-10(3)20-17(13)15(18)8-12/h5-6,8-9,11,14H,4,7H2,1-3H3/t11-,14-/m0/s1. The van der Waals surface area contributed by atoms with E-state index in [1.54, 1.807) is 6.07 Å². The van der Waals surface area contributed by atoms with E-state index >= 15 is 0 Å². The lowest BCUT2D eigenvalue weighted by molar-refractivity contribution is 0.0959. The second-order valence-corrected chi connectivity index (χ2v) is 6.74. The first-order valence-corrected chi connectivity index (χ1v) is 7.57. The summed E-state index contributed by atoms with van der Waals surface area (Å²) < 4.78 is 5.54. The van der Waals surface area contributed by atoms with Crippen molar-refractivity contribution >= 4 is 28.4 Å². The van der Waals surface area contributed by atoms with Crippen LogP contribution in [0.2, 0.25) is 5.02 Å². The summed E-state index contributed by atoms with van der Waals surface area (Å²) >= 11 is 6.22. The van der Waals surface area contributed by atoms with Gasteiger partial charge in [-0.25, -0.2) is 0 Å². The first kappa shape index (κ1) is 13.7. The van der Waals surface area contributed by atoms with Crippen molar-refractivity contribution in [1.29, 1.82) is 0 Å². The van der Waals surface area contributed by atoms with Crippen LogP contribution in [-0.2, 0) is 0 Å². The topological polar surface area (TPSA) is 30.2 Å². The molecule has 1 saturated carbocycles. The third-order valence-corrected chi connectivity index (χ3v) is 4.29. The van der Waals surface area contributed by atoms with Crippen LogP contribution >= 0.6 is 11.6 Å². The van der Waals surface area contributed by atoms with Gasteiger partial charge in [-0.1, -0.05) is 25.4 Å². The first-order chi connectivity index (χ1) is 9.45. The van der Waals surface area contributed by atoms with Gasteiger partial charge in [0.1, 0.15) is 5.76 Å². The average molecular weight is 291 g/mol. The van der Waals surface area contributed by atoms with E-state index in [1.165, 1.54) is 0 Å². The average Bonchev–Trinajstić information content (AvgIpc) is 2.99. The number of benzene rings is 1. The minimum atomic E-state index is 0.193. The Labute approximate surface area is 124 Å². The number of hydrogen-bond acceptors (Lipinski definition) is 2. The van der Waals surface area contributed by atoms with Crippen molar-refractivity contribution in [2.45, 2.75) is 33.6 Å². The molecule has 0 radical (unpaired) electrons. The third kappa shape index (κ3) is 2.49. The summed E-state index contributed by atoms with van der Waals surface area (Å²) in [7, 11) is 0. The van der Waals surface area contributed by atoms with Gasteiger partial charge < -0.3 is 4.42 Å². The summed E-state index contributed by atoms with van der Waals surface area (Å²) in [5.74, 6) is 2.45. The van der Waals surface area contributed by atoms with Crippen molar-refractivity contribution in [3.63, 3.8) is 0 Å². The van der Waals surface area contributed by atoms with Crippen molar-refractivity contribution in [2.24, 2.45) is 17.8 Å². The van der Waals surface area contributed by atoms with Gasteiger partial charge in [-0.15, -0.1) is 0 Å². The van der Waals surface area contributed by atoms with E-state index in [-0.39, 0.29) is 11.7 Å². The summed E-state index contributed by atoms with van der Waals surface area (Å²) in [5, 5.41) is 1.44. The molecular weight excluding hydrogens is 272 g/mol. The molecule has 0 spiro atoms. The van der Waals surface area contributed by atoms with Gasteiger partial charge in [0.15, 0.2) is 11.4 Å². The second kappa shape index (κ2) is 4.92. The van der Waals surface area contributed by atoms with Gasteiger partial charge in [-0.2, -0.15) is 0 Å². The molecule has 1 aliphatic carbocycles. The third-order valence-electron chi connectivity index (χ3n) is 4.01. The molecule has 20 heavy (non-hydrogen) atoms. The maximum absolute atomic E-state index is 12.5. The van der Waals surface area contributed by atoms with E-state index in [4.69, 9.17) is 16.0 Å². The van der Waals surface area contributed by atoms with Gasteiger partial charge in [-0.3, -0.25) is 4.79 Å². The van der Waals surface area contributed by atoms with Gasteiger partial charge in [0.25, 0.3) is 0 Å². The van der Waals surface area contributed by atoms with Gasteiger partial charge in [0.05, 0.1) is 5.02 Å². The Kier molecular flexibility index (Phi) is 3.37. The maximum Gasteiger partial charge on any atom is 0.166 e. The lowest BCUT2D eigenvalue weighted by Gasteiger charge is -2.04. The molecule has 106 valence electrons. The Morgan fingerprint density at radius 3 is 2.85 bits per heavy atom. The molecule has 2 atom stereocenters. The smallest absolute Gasteiger partial charge is 0.166 e. The fourth-order valence-electron chi connectivity index (χ4n) is 3.03. The van der Waals surface area contributed by atoms with E-state index < -0.39 is 0 Å². The predicted molar refractivity (Wildman–Crippen MR) is 81.3 cm³/mol. The first-order valence-electron chi connectivity index (χ1n) is 7.19. The van der Waals surface area contributed by atoms with E-state index in [0.29, 0.717) is 22.4 Å². The molecule has 0 amide bonds. The second-order valence-electron chi connectivity index (χ2n) is 6.33. The van der Waals surface area contributed by atoms with Crippen LogP contribution in [0, 0.1) is 24.7 Å². The summed E-state index contributed by atoms with van der Waals surface area (Å²) in [4.78, 5) is 12.5. The summed E-state index contributed by atoms with van der Waals surface area (Å²) in [6, 6.07) is 5.58. The van der Waals surface area contributed by atoms with Crippen molar-refractivity contribution in [2.75, 3.05) is 0 Å². The lowest BCUT2D eigenvalue weighted by atomic mass is 10.0. The highest BCUT2D eigenvalue weighted by Crippen LogP contribution is 2.45. The van der Waals surface area contributed by atoms with E-state index in [2.05, 4.69) is 13.8 Å². The SMILES string of the molecule is Cc1cc2cc(C(=O)[C@H]3C[C@@H]3CC(C)C)cc(Cl)c2o1. The molecule has 3 heteroatoms. The Morgan fingerprint density at radius 1 is 1.40 bits per heavy atom. The number of Topliss-reactive ketones (excluding diaryl/α,β-unsaturated/α-hetero) is 1. The molecule has 0 saturated heterocycles. The maximum atomic E-state index is 12.5. The molecule has 0 N–H and O–H groups in total. The molecule has 0 bridgehead atoms. The van der Waals surface area contributed by atoms with Crippen molar-refractivity contribution in [3.05, 3.63) is 34.5 Å². The zero-order valence-electron chi connectivity index (χ0n) is 12.1. The largest absolute Gasteiger partial charge is 0.460 e. The number of ketones is 1. The van der Waals surface area contributed by atoms with Crippen molar-refractivity contribution in [3.8, 4) is 0 Å². The summed E-state index contributed by atoms with van der Waals surface area (Å²) in [6.07, 6.45) is 2.16. The highest BCUT2D eigenvalue weighted by Gasteiger charge is 2.43. The molecular formula is C17H19ClO2. The van der Waals surface area contributed by atoms with Gasteiger partial charge in [-0.05, 0) is 49.8 Å². The molecule has 1 aliphatic rings. The molecule has 2 nitrogen and oxygen atoms in total. The Balaban J connectivity index is 1.86. The van der Waals surface area contributed by atoms with Crippen LogP contribution in [0.15, 0.2) is 22.6 Å². The Morgan fingerprint density at radius 2 is 2.15 bits per heavy atom. The molecule has 2 aromatic rings. The lowest BCUT2D eigenvalue weighted by Crippen LogP contribution is -2.04. The number of carbonyl (C=O) groups excluding carboxylic acids is 1. The highest BCUT2D eigenvalue weighted by atomic mass is 35.5. The van der Waals surface area contributed by atoms with Crippen LogP contribution < -0.4 is 0 Å². The molecule has 3 rings (SSSR count). The van der Waals surface area contributed by atoms with Crippen LogP contribution in [0.4, 0.5) is 0 Å². The monoisotopic (exact) mass is 290 g/mol. The number of rotatable bonds is 4. The molecule has 0 unspecified atom stereocenters. The number of fused-ring (bicyclic) bond motifs is 1. The van der Waals surface area contributed by atoms with Crippen LogP contribution in [0.1, 0.15) is 42.8 Å². The zero-order valence-corrected chi connectivity index (χ0v) is 12.8. The van der Waals surface area contributed by atoms with E-state index in [0.717, 1.165) is 29.6 Å². The quantitative estimate of drug-likeness (QED) is 0.719. The van der Waals surface area contributed by atoms with Crippen LogP contribution in [0.5, 0.6) is 0 Å². The normalized spacial score (nSPS) is 21.6. The highest BCUT2D eigenvalue weighted by molar-refractivity contribution is 6.35. The van der Waals surface area contributed by atoms with Crippen LogP contribution in [0.3, 0.4) is 0 Å². The van der Waals surface area contributed by atoms with Gasteiger partial charge in [0, 0.05) is 16.9 Å². The molecule has 1 heterocycles. The Hall–Kier alpha value is -1.28. The Bertz CT molecular complexity index is 669. The minimum Gasteiger partial charge on any atom is -0.460 e. The number of halogens is 1. The number of furan rings is 1. The van der Waals surface area contributed by atoms with Crippen molar-refractivity contribution in [1.82, 2.24) is 0 Å². The molecule has 1 aromatic heterocycles. The molecule has 0 aliphatic heterocycles. The zero-order chi connectivity index (χ0) is 14.4. The van der Waals surface area contributed by atoms with Gasteiger partial charge in [0.2, 0.25) is 0 Å². The predicted octanol–water partition coefficient (Wildman–Crippen LogP) is 5.26. The number of carbonyl (C=O) groups is 1. The summed E-state index contributed by atoms with van der Waals surface area (Å²) in [5.41, 5.74) is 1.40. The van der Waals surface area contributed by atoms with E-state index in [9.17, 15) is 4.79 Å². The van der Waals surface area contributed by atoms with E-state index in [1.807, 2.05) is 19.1 Å². The number of aryl methyl sites for hydroxylation is 1. The minimum absolute atomic E-state index is 0.193. The fourth-order valence-corrected chi connectivity index (χ4v) is 3.30. The fraction of sp³-hybridized carbons (Fsp3) is 0.471. The van der Waals surface area contributed by atoms with Crippen LogP contribution in [-0.4, -0.2) is 5.78 Å². The van der Waals surface area contributed by atoms with Crippen LogP contribution in [0.25, 0.3) is 11.0 Å². The molecule has 1 fully saturated rings. The number of hydrogen-bond donors (Lipinski definition) is 0. The van der Waals surface area contributed by atoms with Gasteiger partial charge >= 0.3 is 0 Å².